The van der Waals surface area contributed by atoms with E-state index in [2.05, 4.69) is 21.9 Å². The van der Waals surface area contributed by atoms with Crippen molar-refractivity contribution >= 4 is 10.9 Å². The van der Waals surface area contributed by atoms with Gasteiger partial charge in [0.25, 0.3) is 0 Å². The fourth-order valence-electron chi connectivity index (χ4n) is 1.93. The molecule has 0 aliphatic rings. The molecule has 3 nitrogen and oxygen atoms in total. The molecule has 0 spiro atoms. The summed E-state index contributed by atoms with van der Waals surface area (Å²) >= 11 is 0. The monoisotopic (exact) mass is 218 g/mol. The van der Waals surface area contributed by atoms with Gasteiger partial charge in [0.05, 0.1) is 11.7 Å². The summed E-state index contributed by atoms with van der Waals surface area (Å²) in [6, 6.07) is 8.28. The lowest BCUT2D eigenvalue weighted by Crippen LogP contribution is -1.99. The molecule has 1 aromatic carbocycles. The van der Waals surface area contributed by atoms with Gasteiger partial charge in [-0.05, 0) is 18.9 Å². The molecule has 1 aromatic heterocycles. The van der Waals surface area contributed by atoms with Gasteiger partial charge in [-0.2, -0.15) is 5.10 Å². The molecule has 0 unspecified atom stereocenters. The van der Waals surface area contributed by atoms with Crippen molar-refractivity contribution in [1.29, 1.82) is 0 Å². The van der Waals surface area contributed by atoms with Crippen molar-refractivity contribution in [2.75, 3.05) is 6.61 Å². The van der Waals surface area contributed by atoms with E-state index >= 15 is 0 Å². The SMILES string of the molecule is OCCCCCCn1ncc2ccccc21. The first kappa shape index (κ1) is 11.1. The van der Waals surface area contributed by atoms with Gasteiger partial charge in [0, 0.05) is 18.5 Å². The number of aryl methyl sites for hydroxylation is 1. The van der Waals surface area contributed by atoms with Gasteiger partial charge in [0.1, 0.15) is 0 Å². The van der Waals surface area contributed by atoms with Gasteiger partial charge < -0.3 is 5.11 Å². The number of aromatic nitrogens is 2. The van der Waals surface area contributed by atoms with E-state index in [9.17, 15) is 0 Å². The van der Waals surface area contributed by atoms with E-state index in [1.807, 2.05) is 18.3 Å². The molecule has 0 aliphatic carbocycles. The zero-order valence-corrected chi connectivity index (χ0v) is 9.47. The normalized spacial score (nSPS) is 11.1. The predicted octanol–water partition coefficient (Wildman–Crippen LogP) is 2.59. The first-order chi connectivity index (χ1) is 7.92. The zero-order valence-electron chi connectivity index (χ0n) is 9.47. The van der Waals surface area contributed by atoms with E-state index in [1.165, 1.54) is 10.9 Å². The van der Waals surface area contributed by atoms with Crippen molar-refractivity contribution in [3.63, 3.8) is 0 Å². The molecular formula is C13H18N2O. The minimum absolute atomic E-state index is 0.310. The highest BCUT2D eigenvalue weighted by Crippen LogP contribution is 2.13. The minimum Gasteiger partial charge on any atom is -0.396 e. The first-order valence-corrected chi connectivity index (χ1v) is 5.93. The Kier molecular flexibility index (Phi) is 3.94. The molecule has 2 aromatic rings. The summed E-state index contributed by atoms with van der Waals surface area (Å²) in [6.07, 6.45) is 6.24. The van der Waals surface area contributed by atoms with Crippen LogP contribution < -0.4 is 0 Å². The number of benzene rings is 1. The average Bonchev–Trinajstić information content (AvgIpc) is 2.73. The van der Waals surface area contributed by atoms with E-state index in [1.54, 1.807) is 0 Å². The Labute approximate surface area is 95.7 Å². The number of para-hydroxylation sites is 1. The Morgan fingerprint density at radius 2 is 1.88 bits per heavy atom. The molecule has 0 radical (unpaired) electrons. The molecule has 16 heavy (non-hydrogen) atoms. The number of aliphatic hydroxyl groups excluding tert-OH is 1. The number of hydrogen-bond donors (Lipinski definition) is 1. The van der Waals surface area contributed by atoms with Crippen molar-refractivity contribution in [3.05, 3.63) is 30.5 Å². The van der Waals surface area contributed by atoms with Crippen molar-refractivity contribution in [3.8, 4) is 0 Å². The third-order valence-corrected chi connectivity index (χ3v) is 2.83. The van der Waals surface area contributed by atoms with E-state index in [-0.39, 0.29) is 0 Å². The molecule has 1 heterocycles. The number of aliphatic hydroxyl groups is 1. The van der Waals surface area contributed by atoms with Crippen LogP contribution in [0.4, 0.5) is 0 Å². The Balaban J connectivity index is 1.89. The fourth-order valence-corrected chi connectivity index (χ4v) is 1.93. The molecule has 3 heteroatoms. The average molecular weight is 218 g/mol. The number of fused-ring (bicyclic) bond motifs is 1. The molecule has 2 rings (SSSR count). The zero-order chi connectivity index (χ0) is 11.2. The van der Waals surface area contributed by atoms with Crippen LogP contribution in [0.15, 0.2) is 30.5 Å². The van der Waals surface area contributed by atoms with E-state index in [4.69, 9.17) is 5.11 Å². The molecule has 0 bridgehead atoms. The second-order valence-corrected chi connectivity index (χ2v) is 4.06. The molecule has 0 saturated heterocycles. The third kappa shape index (κ3) is 2.61. The summed E-state index contributed by atoms with van der Waals surface area (Å²) in [6.45, 7) is 1.28. The summed E-state index contributed by atoms with van der Waals surface area (Å²) in [4.78, 5) is 0. The van der Waals surface area contributed by atoms with Gasteiger partial charge in [-0.15, -0.1) is 0 Å². The van der Waals surface area contributed by atoms with Crippen LogP contribution >= 0.6 is 0 Å². The summed E-state index contributed by atoms with van der Waals surface area (Å²) in [7, 11) is 0. The van der Waals surface area contributed by atoms with Crippen LogP contribution in [-0.4, -0.2) is 21.5 Å². The van der Waals surface area contributed by atoms with Gasteiger partial charge in [-0.25, -0.2) is 0 Å². The van der Waals surface area contributed by atoms with Gasteiger partial charge in [-0.3, -0.25) is 4.68 Å². The van der Waals surface area contributed by atoms with E-state index in [0.717, 1.165) is 32.2 Å². The summed E-state index contributed by atoms with van der Waals surface area (Å²) < 4.78 is 2.06. The van der Waals surface area contributed by atoms with Crippen LogP contribution in [0, 0.1) is 0 Å². The molecule has 0 saturated carbocycles. The lowest BCUT2D eigenvalue weighted by atomic mass is 10.2. The standard InChI is InChI=1S/C13H18N2O/c16-10-6-2-1-5-9-15-13-8-4-3-7-12(13)11-14-15/h3-4,7-8,11,16H,1-2,5-6,9-10H2. The molecule has 86 valence electrons. The molecular weight excluding hydrogens is 200 g/mol. The van der Waals surface area contributed by atoms with Crippen molar-refractivity contribution in [2.24, 2.45) is 0 Å². The van der Waals surface area contributed by atoms with Gasteiger partial charge in [0.2, 0.25) is 0 Å². The van der Waals surface area contributed by atoms with Gasteiger partial charge >= 0.3 is 0 Å². The summed E-state index contributed by atoms with van der Waals surface area (Å²) in [5.41, 5.74) is 1.21. The van der Waals surface area contributed by atoms with Gasteiger partial charge in [-0.1, -0.05) is 31.0 Å². The van der Waals surface area contributed by atoms with Crippen LogP contribution in [0.2, 0.25) is 0 Å². The van der Waals surface area contributed by atoms with Crippen LogP contribution in [0.3, 0.4) is 0 Å². The van der Waals surface area contributed by atoms with Gasteiger partial charge in [0.15, 0.2) is 0 Å². The fraction of sp³-hybridized carbons (Fsp3) is 0.462. The molecule has 1 N–H and O–H groups in total. The third-order valence-electron chi connectivity index (χ3n) is 2.83. The molecule has 0 aliphatic heterocycles. The largest absolute Gasteiger partial charge is 0.396 e. The van der Waals surface area contributed by atoms with Crippen LogP contribution in [0.5, 0.6) is 0 Å². The Hall–Kier alpha value is -1.35. The van der Waals surface area contributed by atoms with Crippen LogP contribution in [0.25, 0.3) is 10.9 Å². The van der Waals surface area contributed by atoms with Crippen LogP contribution in [0.1, 0.15) is 25.7 Å². The lowest BCUT2D eigenvalue weighted by molar-refractivity contribution is 0.282. The quantitative estimate of drug-likeness (QED) is 0.757. The molecule has 0 fully saturated rings. The smallest absolute Gasteiger partial charge is 0.0682 e. The first-order valence-electron chi connectivity index (χ1n) is 5.93. The number of rotatable bonds is 6. The maximum atomic E-state index is 8.67. The Bertz CT molecular complexity index is 436. The molecule has 0 amide bonds. The van der Waals surface area contributed by atoms with Crippen molar-refractivity contribution < 1.29 is 5.11 Å². The second-order valence-electron chi connectivity index (χ2n) is 4.06. The summed E-state index contributed by atoms with van der Waals surface area (Å²) in [5.74, 6) is 0. The highest BCUT2D eigenvalue weighted by molar-refractivity contribution is 5.78. The molecule has 0 atom stereocenters. The number of hydrogen-bond acceptors (Lipinski definition) is 2. The highest BCUT2D eigenvalue weighted by atomic mass is 16.2. The lowest BCUT2D eigenvalue weighted by Gasteiger charge is -2.03. The highest BCUT2D eigenvalue weighted by Gasteiger charge is 2.00. The maximum absolute atomic E-state index is 8.67. The number of unbranched alkanes of at least 4 members (excludes halogenated alkanes) is 3. The van der Waals surface area contributed by atoms with Crippen molar-refractivity contribution in [2.45, 2.75) is 32.2 Å². The Morgan fingerprint density at radius 3 is 2.75 bits per heavy atom. The maximum Gasteiger partial charge on any atom is 0.0682 e. The second kappa shape index (κ2) is 5.66. The summed E-state index contributed by atoms with van der Waals surface area (Å²) in [5, 5.41) is 14.3. The predicted molar refractivity (Wildman–Crippen MR) is 65.3 cm³/mol. The number of nitrogens with zero attached hydrogens (tertiary/aromatic N) is 2. The van der Waals surface area contributed by atoms with Crippen molar-refractivity contribution in [1.82, 2.24) is 9.78 Å². The van der Waals surface area contributed by atoms with E-state index < -0.39 is 0 Å². The van der Waals surface area contributed by atoms with E-state index in [0.29, 0.717) is 6.61 Å². The topological polar surface area (TPSA) is 38.0 Å². The Morgan fingerprint density at radius 1 is 1.06 bits per heavy atom. The minimum atomic E-state index is 0.310. The van der Waals surface area contributed by atoms with Crippen LogP contribution in [-0.2, 0) is 6.54 Å².